The first kappa shape index (κ1) is 23.3. The highest BCUT2D eigenvalue weighted by atomic mass is 16.2. The third-order valence-electron chi connectivity index (χ3n) is 3.34. The molecule has 0 spiro atoms. The van der Waals surface area contributed by atoms with Crippen LogP contribution in [0.4, 0.5) is 0 Å². The number of hydrogen-bond donors (Lipinski definition) is 6. The van der Waals surface area contributed by atoms with Crippen LogP contribution in [-0.2, 0) is 24.0 Å². The second-order valence-corrected chi connectivity index (χ2v) is 5.89. The van der Waals surface area contributed by atoms with Crippen LogP contribution in [0.15, 0.2) is 0 Å². The number of nitrogens with two attached hydrogens (primary N) is 1. The summed E-state index contributed by atoms with van der Waals surface area (Å²) in [4.78, 5) is 58.1. The van der Waals surface area contributed by atoms with E-state index in [-0.39, 0.29) is 31.5 Å². The molecule has 0 aliphatic carbocycles. The maximum absolute atomic E-state index is 12.2. The zero-order valence-electron chi connectivity index (χ0n) is 15.5. The summed E-state index contributed by atoms with van der Waals surface area (Å²) in [5, 5.41) is 12.0. The van der Waals surface area contributed by atoms with E-state index in [1.54, 1.807) is 13.8 Å². The van der Waals surface area contributed by atoms with Crippen molar-refractivity contribution in [3.63, 3.8) is 0 Å². The first-order chi connectivity index (χ1) is 12.1. The van der Waals surface area contributed by atoms with Gasteiger partial charge >= 0.3 is 0 Å². The topological polar surface area (TPSA) is 172 Å². The Hall–Kier alpha value is -2.69. The highest BCUT2D eigenvalue weighted by Crippen LogP contribution is 2.02. The second-order valence-electron chi connectivity index (χ2n) is 5.89. The van der Waals surface area contributed by atoms with Crippen molar-refractivity contribution in [3.8, 4) is 0 Å². The molecule has 0 saturated heterocycles. The van der Waals surface area contributed by atoms with Gasteiger partial charge in [-0.3, -0.25) is 24.0 Å². The number of nitrogens with one attached hydrogen (secondary N) is 5. The van der Waals surface area contributed by atoms with E-state index in [0.717, 1.165) is 0 Å². The molecule has 7 N–H and O–H groups in total. The third kappa shape index (κ3) is 8.97. The molecule has 0 rings (SSSR count). The molecule has 2 atom stereocenters. The molecule has 0 heterocycles. The molecule has 5 amide bonds. The Morgan fingerprint density at radius 1 is 0.808 bits per heavy atom. The Kier molecular flexibility index (Phi) is 10.6. The number of carbonyl (C=O) groups is 5. The fourth-order valence-electron chi connectivity index (χ4n) is 1.84. The van der Waals surface area contributed by atoms with Crippen LogP contribution in [0.25, 0.3) is 0 Å². The van der Waals surface area contributed by atoms with Crippen LogP contribution in [0, 0.1) is 5.92 Å². The molecule has 0 radical (unpaired) electrons. The summed E-state index contributed by atoms with van der Waals surface area (Å²) in [6.45, 7) is 4.07. The van der Waals surface area contributed by atoms with Crippen LogP contribution < -0.4 is 32.3 Å². The summed E-state index contributed by atoms with van der Waals surface area (Å²) in [7, 11) is 1.45. The molecule has 0 aromatic carbocycles. The zero-order valence-corrected chi connectivity index (χ0v) is 15.5. The Morgan fingerprint density at radius 2 is 1.35 bits per heavy atom. The average Bonchev–Trinajstić information content (AvgIpc) is 2.60. The molecular weight excluding hydrogens is 344 g/mol. The Labute approximate surface area is 152 Å². The molecule has 0 fully saturated rings. The molecule has 0 saturated carbocycles. The van der Waals surface area contributed by atoms with Crippen LogP contribution in [0.1, 0.15) is 20.8 Å². The molecule has 148 valence electrons. The molecule has 26 heavy (non-hydrogen) atoms. The quantitative estimate of drug-likeness (QED) is 0.233. The molecule has 0 aliphatic heterocycles. The first-order valence-corrected chi connectivity index (χ1v) is 8.17. The number of carbonyl (C=O) groups excluding carboxylic acids is 5. The van der Waals surface area contributed by atoms with Gasteiger partial charge in [-0.25, -0.2) is 0 Å². The van der Waals surface area contributed by atoms with Crippen molar-refractivity contribution in [3.05, 3.63) is 0 Å². The lowest BCUT2D eigenvalue weighted by Crippen LogP contribution is -2.55. The van der Waals surface area contributed by atoms with Gasteiger partial charge in [-0.05, 0) is 12.8 Å². The molecule has 0 aliphatic rings. The summed E-state index contributed by atoms with van der Waals surface area (Å²) in [6, 6.07) is -1.63. The van der Waals surface area contributed by atoms with Gasteiger partial charge in [0.1, 0.15) is 12.1 Å². The second kappa shape index (κ2) is 11.8. The van der Waals surface area contributed by atoms with Crippen molar-refractivity contribution in [2.24, 2.45) is 11.7 Å². The van der Waals surface area contributed by atoms with Gasteiger partial charge in [0.15, 0.2) is 0 Å². The lowest BCUT2D eigenvalue weighted by Gasteiger charge is -2.23. The predicted octanol–water partition coefficient (Wildman–Crippen LogP) is -3.43. The lowest BCUT2D eigenvalue weighted by atomic mass is 10.0. The number of hydrogen-bond acceptors (Lipinski definition) is 6. The third-order valence-corrected chi connectivity index (χ3v) is 3.34. The first-order valence-electron chi connectivity index (χ1n) is 8.17. The van der Waals surface area contributed by atoms with E-state index in [1.807, 2.05) is 0 Å². The minimum absolute atomic E-state index is 0.240. The summed E-state index contributed by atoms with van der Waals surface area (Å²) in [6.07, 6.45) is 0. The Balaban J connectivity index is 4.50. The van der Waals surface area contributed by atoms with E-state index in [0.29, 0.717) is 0 Å². The van der Waals surface area contributed by atoms with Crippen molar-refractivity contribution < 1.29 is 24.0 Å². The summed E-state index contributed by atoms with van der Waals surface area (Å²) >= 11 is 0. The molecule has 0 unspecified atom stereocenters. The van der Waals surface area contributed by atoms with Crippen LogP contribution >= 0.6 is 0 Å². The van der Waals surface area contributed by atoms with Crippen LogP contribution in [-0.4, -0.2) is 68.3 Å². The van der Waals surface area contributed by atoms with E-state index in [1.165, 1.54) is 14.0 Å². The summed E-state index contributed by atoms with van der Waals surface area (Å²) < 4.78 is 0. The van der Waals surface area contributed by atoms with Crippen LogP contribution in [0.5, 0.6) is 0 Å². The maximum atomic E-state index is 12.2. The minimum Gasteiger partial charge on any atom is -0.357 e. The highest BCUT2D eigenvalue weighted by molar-refractivity contribution is 5.93. The standard InChI is InChI=1S/C15H28N6O5/c1-8(2)13(15(26)20-9(3)14(25)17-4)21-12(24)7-19-11(23)6-18-10(22)5-16/h8-9,13H,5-7,16H2,1-4H3,(H,17,25)(H,18,22)(H,19,23)(H,20,26)(H,21,24)/t9-,13-/m0/s1. The summed E-state index contributed by atoms with van der Waals surface area (Å²) in [5.74, 6) is -2.75. The SMILES string of the molecule is CNC(=O)[C@H](C)NC(=O)[C@@H](NC(=O)CNC(=O)CNC(=O)CN)C(C)C. The fourth-order valence-corrected chi connectivity index (χ4v) is 1.84. The van der Waals surface area contributed by atoms with E-state index in [2.05, 4.69) is 26.6 Å². The number of amides is 5. The van der Waals surface area contributed by atoms with Crippen LogP contribution in [0.2, 0.25) is 0 Å². The van der Waals surface area contributed by atoms with Gasteiger partial charge in [0.2, 0.25) is 29.5 Å². The van der Waals surface area contributed by atoms with Crippen molar-refractivity contribution in [2.75, 3.05) is 26.7 Å². The van der Waals surface area contributed by atoms with Gasteiger partial charge in [0, 0.05) is 7.05 Å². The Bertz CT molecular complexity index is 537. The predicted molar refractivity (Wildman–Crippen MR) is 93.5 cm³/mol. The van der Waals surface area contributed by atoms with Crippen molar-refractivity contribution in [1.82, 2.24) is 26.6 Å². The van der Waals surface area contributed by atoms with Crippen molar-refractivity contribution in [2.45, 2.75) is 32.9 Å². The molecular formula is C15H28N6O5. The van der Waals surface area contributed by atoms with Gasteiger partial charge in [-0.15, -0.1) is 0 Å². The van der Waals surface area contributed by atoms with Crippen molar-refractivity contribution in [1.29, 1.82) is 0 Å². The molecule has 0 bridgehead atoms. The average molecular weight is 372 g/mol. The summed E-state index contributed by atoms with van der Waals surface area (Å²) in [5.41, 5.74) is 5.08. The van der Waals surface area contributed by atoms with Crippen LogP contribution in [0.3, 0.4) is 0 Å². The minimum atomic E-state index is -0.872. The van der Waals surface area contributed by atoms with Crippen molar-refractivity contribution >= 4 is 29.5 Å². The fraction of sp³-hybridized carbons (Fsp3) is 0.667. The maximum Gasteiger partial charge on any atom is 0.243 e. The lowest BCUT2D eigenvalue weighted by molar-refractivity contribution is -0.133. The van der Waals surface area contributed by atoms with E-state index < -0.39 is 35.7 Å². The number of rotatable bonds is 10. The molecule has 0 aromatic rings. The monoisotopic (exact) mass is 372 g/mol. The molecule has 11 nitrogen and oxygen atoms in total. The normalized spacial score (nSPS) is 12.5. The molecule has 11 heteroatoms. The van der Waals surface area contributed by atoms with E-state index >= 15 is 0 Å². The van der Waals surface area contributed by atoms with Gasteiger partial charge in [-0.1, -0.05) is 13.8 Å². The largest absolute Gasteiger partial charge is 0.357 e. The van der Waals surface area contributed by atoms with Gasteiger partial charge in [-0.2, -0.15) is 0 Å². The number of likely N-dealkylation sites (N-methyl/N-ethyl adjacent to an activating group) is 1. The Morgan fingerprint density at radius 3 is 1.85 bits per heavy atom. The van der Waals surface area contributed by atoms with Gasteiger partial charge in [0.05, 0.1) is 19.6 Å². The van der Waals surface area contributed by atoms with Gasteiger partial charge < -0.3 is 32.3 Å². The van der Waals surface area contributed by atoms with Gasteiger partial charge in [0.25, 0.3) is 0 Å². The zero-order chi connectivity index (χ0) is 20.3. The molecule has 0 aromatic heterocycles. The van der Waals surface area contributed by atoms with E-state index in [4.69, 9.17) is 5.73 Å². The van der Waals surface area contributed by atoms with E-state index in [9.17, 15) is 24.0 Å². The smallest absolute Gasteiger partial charge is 0.243 e. The highest BCUT2D eigenvalue weighted by Gasteiger charge is 2.26.